The first-order valence-electron chi connectivity index (χ1n) is 12.2. The van der Waals surface area contributed by atoms with Gasteiger partial charge in [0.2, 0.25) is 5.91 Å². The van der Waals surface area contributed by atoms with Gasteiger partial charge in [-0.25, -0.2) is 9.97 Å². The van der Waals surface area contributed by atoms with E-state index in [4.69, 9.17) is 11.6 Å². The summed E-state index contributed by atoms with van der Waals surface area (Å²) in [6, 6.07) is 2.46. The van der Waals surface area contributed by atoms with Gasteiger partial charge in [-0.15, -0.1) is 11.3 Å². The normalized spacial score (nSPS) is 16.1. The van der Waals surface area contributed by atoms with Crippen molar-refractivity contribution in [3.8, 4) is 0 Å². The van der Waals surface area contributed by atoms with Crippen LogP contribution in [0.4, 0.5) is 5.82 Å². The first-order chi connectivity index (χ1) is 17.8. The third-order valence-corrected chi connectivity index (χ3v) is 7.61. The van der Waals surface area contributed by atoms with Crippen LogP contribution >= 0.6 is 22.9 Å². The van der Waals surface area contributed by atoms with Crippen molar-refractivity contribution in [2.45, 2.75) is 44.7 Å². The summed E-state index contributed by atoms with van der Waals surface area (Å²) in [5.41, 5.74) is 0.940. The molecule has 0 spiro atoms. The molecule has 3 N–H and O–H groups in total. The molecule has 2 aliphatic rings. The molecule has 0 radical (unpaired) electrons. The standard InChI is InChI=1S/C24H30ClN7O4S/c1-31-11-8-17-18(14-31)37-24(29-17)23(36)28-16(5-7-20(33)32-9-2-3-10-32)13-27-21(34)22(35)30-19-6-4-15(25)12-26-19/h4,6,12,16H,2-3,5,7-11,13-14H2,1H3,(H,27,34)(H,28,36)(H,26,30,35). The Kier molecular flexibility index (Phi) is 9.06. The van der Waals surface area contributed by atoms with Crippen LogP contribution in [0.2, 0.25) is 5.02 Å². The highest BCUT2D eigenvalue weighted by atomic mass is 35.5. The maximum absolute atomic E-state index is 13.0. The number of likely N-dealkylation sites (tertiary alicyclic amines) is 1. The van der Waals surface area contributed by atoms with E-state index in [0.29, 0.717) is 16.5 Å². The van der Waals surface area contributed by atoms with Gasteiger partial charge in [0.15, 0.2) is 5.01 Å². The molecule has 1 saturated heterocycles. The molecule has 1 atom stereocenters. The average molecular weight is 548 g/mol. The van der Waals surface area contributed by atoms with E-state index >= 15 is 0 Å². The van der Waals surface area contributed by atoms with Gasteiger partial charge in [0.05, 0.1) is 10.7 Å². The largest absolute Gasteiger partial charge is 0.346 e. The highest BCUT2D eigenvalue weighted by Gasteiger charge is 2.25. The Balaban J connectivity index is 1.36. The van der Waals surface area contributed by atoms with Crippen molar-refractivity contribution < 1.29 is 19.2 Å². The van der Waals surface area contributed by atoms with Crippen LogP contribution in [0.3, 0.4) is 0 Å². The number of amides is 4. The SMILES string of the molecule is CN1CCc2nc(C(=O)NC(CCC(=O)N3CCCC3)CNC(=O)C(=O)Nc3ccc(Cl)cn3)sc2C1. The van der Waals surface area contributed by atoms with E-state index in [1.807, 2.05) is 11.9 Å². The number of aromatic nitrogens is 2. The van der Waals surface area contributed by atoms with E-state index in [1.54, 1.807) is 6.07 Å². The molecule has 0 saturated carbocycles. The summed E-state index contributed by atoms with van der Waals surface area (Å²) < 4.78 is 0. The van der Waals surface area contributed by atoms with Crippen molar-refractivity contribution >= 4 is 52.4 Å². The second kappa shape index (κ2) is 12.4. The molecule has 2 aliphatic heterocycles. The Labute approximate surface area is 224 Å². The third kappa shape index (κ3) is 7.46. The van der Waals surface area contributed by atoms with Gasteiger partial charge < -0.3 is 25.8 Å². The van der Waals surface area contributed by atoms with Crippen LogP contribution < -0.4 is 16.0 Å². The Morgan fingerprint density at radius 2 is 1.92 bits per heavy atom. The van der Waals surface area contributed by atoms with Crippen molar-refractivity contribution in [1.29, 1.82) is 0 Å². The van der Waals surface area contributed by atoms with E-state index in [9.17, 15) is 19.2 Å². The quantitative estimate of drug-likeness (QED) is 0.425. The monoisotopic (exact) mass is 547 g/mol. The number of nitrogens with zero attached hydrogens (tertiary/aromatic N) is 4. The van der Waals surface area contributed by atoms with Crippen molar-refractivity contribution in [2.24, 2.45) is 0 Å². The minimum Gasteiger partial charge on any atom is -0.346 e. The summed E-state index contributed by atoms with van der Waals surface area (Å²) in [6.07, 6.45) is 4.66. The number of carbonyl (C=O) groups excluding carboxylic acids is 4. The van der Waals surface area contributed by atoms with Gasteiger partial charge in [-0.2, -0.15) is 0 Å². The number of nitrogens with one attached hydrogen (secondary N) is 3. The van der Waals surface area contributed by atoms with Crippen LogP contribution in [-0.2, 0) is 27.3 Å². The number of pyridine rings is 1. The Morgan fingerprint density at radius 3 is 2.65 bits per heavy atom. The molecule has 1 fully saturated rings. The zero-order chi connectivity index (χ0) is 26.4. The first kappa shape index (κ1) is 27.0. The lowest BCUT2D eigenvalue weighted by molar-refractivity contribution is -0.136. The minimum atomic E-state index is -0.898. The van der Waals surface area contributed by atoms with E-state index in [1.165, 1.54) is 23.6 Å². The number of hydrogen-bond acceptors (Lipinski definition) is 8. The fourth-order valence-corrected chi connectivity index (χ4v) is 5.44. The fraction of sp³-hybridized carbons (Fsp3) is 0.500. The molecular formula is C24H30ClN7O4S. The number of rotatable bonds is 8. The summed E-state index contributed by atoms with van der Waals surface area (Å²) >= 11 is 7.15. The summed E-state index contributed by atoms with van der Waals surface area (Å²) in [5, 5.41) is 8.60. The second-order valence-electron chi connectivity index (χ2n) is 9.20. The van der Waals surface area contributed by atoms with E-state index in [0.717, 1.165) is 56.0 Å². The van der Waals surface area contributed by atoms with Gasteiger partial charge in [-0.05, 0) is 38.4 Å². The van der Waals surface area contributed by atoms with Crippen molar-refractivity contribution in [1.82, 2.24) is 30.4 Å². The predicted molar refractivity (Wildman–Crippen MR) is 139 cm³/mol. The number of likely N-dealkylation sites (N-methyl/N-ethyl adjacent to an activating group) is 1. The van der Waals surface area contributed by atoms with Crippen LogP contribution in [0.1, 0.15) is 46.1 Å². The van der Waals surface area contributed by atoms with Gasteiger partial charge in [-0.3, -0.25) is 19.2 Å². The molecule has 1 unspecified atom stereocenters. The molecule has 0 bridgehead atoms. The van der Waals surface area contributed by atoms with Crippen LogP contribution in [0.25, 0.3) is 0 Å². The maximum Gasteiger partial charge on any atom is 0.314 e. The Bertz CT molecular complexity index is 1150. The Morgan fingerprint density at radius 1 is 1.14 bits per heavy atom. The molecule has 2 aromatic heterocycles. The molecule has 198 valence electrons. The zero-order valence-electron chi connectivity index (χ0n) is 20.6. The summed E-state index contributed by atoms with van der Waals surface area (Å²) in [6.45, 7) is 3.10. The van der Waals surface area contributed by atoms with Gasteiger partial charge in [0, 0.05) is 62.7 Å². The topological polar surface area (TPSA) is 137 Å². The zero-order valence-corrected chi connectivity index (χ0v) is 22.2. The molecular weight excluding hydrogens is 518 g/mol. The molecule has 0 aliphatic carbocycles. The van der Waals surface area contributed by atoms with Crippen LogP contribution in [-0.4, -0.2) is 82.7 Å². The first-order valence-corrected chi connectivity index (χ1v) is 13.4. The van der Waals surface area contributed by atoms with Crippen molar-refractivity contribution in [2.75, 3.05) is 38.5 Å². The summed E-state index contributed by atoms with van der Waals surface area (Å²) in [7, 11) is 2.03. The number of hydrogen-bond donors (Lipinski definition) is 3. The lowest BCUT2D eigenvalue weighted by Gasteiger charge is -2.21. The van der Waals surface area contributed by atoms with Crippen LogP contribution in [0.15, 0.2) is 18.3 Å². The van der Waals surface area contributed by atoms with Crippen molar-refractivity contribution in [3.05, 3.63) is 38.9 Å². The molecule has 4 rings (SSSR count). The van der Waals surface area contributed by atoms with Gasteiger partial charge in [0.25, 0.3) is 5.91 Å². The maximum atomic E-state index is 13.0. The molecule has 0 aromatic carbocycles. The molecule has 4 heterocycles. The fourth-order valence-electron chi connectivity index (χ4n) is 4.23. The lowest BCUT2D eigenvalue weighted by Crippen LogP contribution is -2.46. The van der Waals surface area contributed by atoms with Gasteiger partial charge in [-0.1, -0.05) is 11.6 Å². The molecule has 2 aromatic rings. The molecule has 4 amide bonds. The number of anilines is 1. The average Bonchev–Trinajstić information content (AvgIpc) is 3.56. The second-order valence-corrected chi connectivity index (χ2v) is 10.7. The van der Waals surface area contributed by atoms with Crippen molar-refractivity contribution in [3.63, 3.8) is 0 Å². The Hall–Kier alpha value is -3.09. The molecule has 37 heavy (non-hydrogen) atoms. The van der Waals surface area contributed by atoms with Gasteiger partial charge in [0.1, 0.15) is 5.82 Å². The van der Waals surface area contributed by atoms with Crippen LogP contribution in [0.5, 0.6) is 0 Å². The smallest absolute Gasteiger partial charge is 0.314 e. The van der Waals surface area contributed by atoms with E-state index in [2.05, 4.69) is 30.8 Å². The summed E-state index contributed by atoms with van der Waals surface area (Å²) in [4.78, 5) is 63.8. The highest BCUT2D eigenvalue weighted by Crippen LogP contribution is 2.24. The number of carbonyl (C=O) groups is 4. The molecule has 13 heteroatoms. The number of thiazole rings is 1. The highest BCUT2D eigenvalue weighted by molar-refractivity contribution is 7.13. The van der Waals surface area contributed by atoms with E-state index < -0.39 is 17.9 Å². The number of fused-ring (bicyclic) bond motifs is 1. The predicted octanol–water partition coefficient (Wildman–Crippen LogP) is 1.44. The van der Waals surface area contributed by atoms with E-state index in [-0.39, 0.29) is 30.6 Å². The minimum absolute atomic E-state index is 0.0161. The summed E-state index contributed by atoms with van der Waals surface area (Å²) in [5.74, 6) is -1.93. The van der Waals surface area contributed by atoms with Gasteiger partial charge >= 0.3 is 11.8 Å². The lowest BCUT2D eigenvalue weighted by atomic mass is 10.1. The number of halogens is 1. The third-order valence-electron chi connectivity index (χ3n) is 6.30. The molecule has 11 nitrogen and oxygen atoms in total. The van der Waals surface area contributed by atoms with Crippen LogP contribution in [0, 0.1) is 0 Å².